The highest BCUT2D eigenvalue weighted by molar-refractivity contribution is 7.99. The van der Waals surface area contributed by atoms with Crippen molar-refractivity contribution in [2.45, 2.75) is 45.0 Å². The number of benzene rings is 1. The Morgan fingerprint density at radius 1 is 1.25 bits per heavy atom. The third kappa shape index (κ3) is 5.33. The summed E-state index contributed by atoms with van der Waals surface area (Å²) in [6.45, 7) is 8.60. The molecule has 0 spiro atoms. The molecule has 0 bridgehead atoms. The Morgan fingerprint density at radius 3 is 2.79 bits per heavy atom. The van der Waals surface area contributed by atoms with Crippen molar-refractivity contribution >= 4 is 22.7 Å². The van der Waals surface area contributed by atoms with Crippen LogP contribution >= 0.6 is 11.8 Å². The van der Waals surface area contributed by atoms with Crippen LogP contribution in [0.4, 0.5) is 0 Å². The first kappa shape index (κ1) is 19.0. The zero-order valence-corrected chi connectivity index (χ0v) is 15.5. The summed E-state index contributed by atoms with van der Waals surface area (Å²) in [5.74, 6) is 0.779. The van der Waals surface area contributed by atoms with Crippen molar-refractivity contribution in [3.8, 4) is 0 Å². The van der Waals surface area contributed by atoms with E-state index in [1.165, 1.54) is 0 Å². The van der Waals surface area contributed by atoms with Crippen LogP contribution in [-0.2, 0) is 16.0 Å². The molecule has 0 aliphatic carbocycles. The van der Waals surface area contributed by atoms with E-state index in [-0.39, 0.29) is 11.7 Å². The SMILES string of the molecule is CCOCCSc1nc2ccccc2c(=O)n1CCCOC(C)C. The highest BCUT2D eigenvalue weighted by Gasteiger charge is 2.11. The van der Waals surface area contributed by atoms with Gasteiger partial charge in [0.2, 0.25) is 0 Å². The molecular formula is C18H26N2O3S. The number of para-hydroxylation sites is 1. The molecule has 0 aliphatic rings. The van der Waals surface area contributed by atoms with Crippen molar-refractivity contribution in [2.24, 2.45) is 0 Å². The minimum absolute atomic E-state index is 0.0176. The summed E-state index contributed by atoms with van der Waals surface area (Å²) in [4.78, 5) is 17.5. The average Bonchev–Trinajstić information content (AvgIpc) is 2.57. The van der Waals surface area contributed by atoms with Gasteiger partial charge in [0, 0.05) is 25.5 Å². The van der Waals surface area contributed by atoms with Crippen molar-refractivity contribution in [3.63, 3.8) is 0 Å². The van der Waals surface area contributed by atoms with E-state index >= 15 is 0 Å². The Hall–Kier alpha value is -1.37. The Bertz CT molecular complexity index is 700. The summed E-state index contributed by atoms with van der Waals surface area (Å²) in [7, 11) is 0. The highest BCUT2D eigenvalue weighted by Crippen LogP contribution is 2.18. The minimum Gasteiger partial charge on any atom is -0.381 e. The van der Waals surface area contributed by atoms with Crippen LogP contribution in [0.1, 0.15) is 27.2 Å². The first-order chi connectivity index (χ1) is 11.6. The molecule has 2 aromatic rings. The number of nitrogens with zero attached hydrogens (tertiary/aromatic N) is 2. The van der Waals surface area contributed by atoms with E-state index in [1.807, 2.05) is 45.0 Å². The molecule has 1 aromatic carbocycles. The molecule has 0 aliphatic heterocycles. The fraction of sp³-hybridized carbons (Fsp3) is 0.556. The maximum Gasteiger partial charge on any atom is 0.262 e. The summed E-state index contributed by atoms with van der Waals surface area (Å²) in [5.41, 5.74) is 0.764. The quantitative estimate of drug-likeness (QED) is 0.374. The molecule has 0 amide bonds. The van der Waals surface area contributed by atoms with Crippen molar-refractivity contribution in [2.75, 3.05) is 25.6 Å². The maximum absolute atomic E-state index is 12.8. The lowest BCUT2D eigenvalue weighted by Gasteiger charge is -2.14. The molecule has 2 rings (SSSR count). The Morgan fingerprint density at radius 2 is 2.04 bits per heavy atom. The molecule has 1 aromatic heterocycles. The molecule has 0 fully saturated rings. The first-order valence-corrected chi connectivity index (χ1v) is 9.43. The van der Waals surface area contributed by atoms with Gasteiger partial charge in [-0.05, 0) is 39.3 Å². The lowest BCUT2D eigenvalue weighted by molar-refractivity contribution is 0.0743. The van der Waals surface area contributed by atoms with Crippen LogP contribution in [0.2, 0.25) is 0 Å². The van der Waals surface area contributed by atoms with Gasteiger partial charge in [-0.3, -0.25) is 9.36 Å². The van der Waals surface area contributed by atoms with Gasteiger partial charge in [0.1, 0.15) is 0 Å². The van der Waals surface area contributed by atoms with Gasteiger partial charge >= 0.3 is 0 Å². The Labute approximate surface area is 147 Å². The predicted molar refractivity (Wildman–Crippen MR) is 98.9 cm³/mol. The molecule has 0 N–H and O–H groups in total. The summed E-state index contributed by atoms with van der Waals surface area (Å²) >= 11 is 1.57. The first-order valence-electron chi connectivity index (χ1n) is 8.45. The molecule has 24 heavy (non-hydrogen) atoms. The van der Waals surface area contributed by atoms with E-state index in [9.17, 15) is 4.79 Å². The van der Waals surface area contributed by atoms with Gasteiger partial charge in [-0.15, -0.1) is 0 Å². The van der Waals surface area contributed by atoms with Gasteiger partial charge in [0.25, 0.3) is 5.56 Å². The third-order valence-electron chi connectivity index (χ3n) is 3.47. The van der Waals surface area contributed by atoms with Crippen molar-refractivity contribution in [1.29, 1.82) is 0 Å². The molecule has 132 valence electrons. The molecule has 0 radical (unpaired) electrons. The normalized spacial score (nSPS) is 11.5. The Kier molecular flexibility index (Phi) is 7.75. The van der Waals surface area contributed by atoms with Gasteiger partial charge in [-0.1, -0.05) is 23.9 Å². The van der Waals surface area contributed by atoms with Crippen LogP contribution in [0.5, 0.6) is 0 Å². The smallest absolute Gasteiger partial charge is 0.262 e. The predicted octanol–water partition coefficient (Wildman–Crippen LogP) is 3.34. The van der Waals surface area contributed by atoms with Gasteiger partial charge in [-0.2, -0.15) is 0 Å². The molecular weight excluding hydrogens is 324 g/mol. The molecule has 6 heteroatoms. The van der Waals surface area contributed by atoms with Gasteiger partial charge in [-0.25, -0.2) is 4.98 Å². The zero-order valence-electron chi connectivity index (χ0n) is 14.7. The van der Waals surface area contributed by atoms with Gasteiger partial charge in [0.15, 0.2) is 5.16 Å². The maximum atomic E-state index is 12.8. The number of aromatic nitrogens is 2. The van der Waals surface area contributed by atoms with E-state index in [2.05, 4.69) is 4.98 Å². The summed E-state index contributed by atoms with van der Waals surface area (Å²) in [6, 6.07) is 7.50. The Balaban J connectivity index is 2.19. The summed E-state index contributed by atoms with van der Waals surface area (Å²) in [5, 5.41) is 1.42. The molecule has 1 heterocycles. The second-order valence-electron chi connectivity index (χ2n) is 5.69. The minimum atomic E-state index is 0.0176. The zero-order chi connectivity index (χ0) is 17.4. The molecule has 0 unspecified atom stereocenters. The number of rotatable bonds is 10. The largest absolute Gasteiger partial charge is 0.381 e. The van der Waals surface area contributed by atoms with Crippen LogP contribution in [0.15, 0.2) is 34.2 Å². The van der Waals surface area contributed by atoms with Crippen molar-refractivity contribution < 1.29 is 9.47 Å². The third-order valence-corrected chi connectivity index (χ3v) is 4.41. The summed E-state index contributed by atoms with van der Waals surface area (Å²) < 4.78 is 12.7. The average molecular weight is 350 g/mol. The van der Waals surface area contributed by atoms with Crippen LogP contribution < -0.4 is 5.56 Å². The standard InChI is InChI=1S/C18H26N2O3S/c1-4-22-12-13-24-18-19-16-9-6-5-8-15(16)17(21)20(18)10-7-11-23-14(2)3/h5-6,8-9,14H,4,7,10-13H2,1-3H3. The van der Waals surface area contributed by atoms with E-state index in [1.54, 1.807) is 16.3 Å². The molecule has 5 nitrogen and oxygen atoms in total. The van der Waals surface area contributed by atoms with Crippen LogP contribution in [0.25, 0.3) is 10.9 Å². The van der Waals surface area contributed by atoms with Crippen LogP contribution in [0, 0.1) is 0 Å². The summed E-state index contributed by atoms with van der Waals surface area (Å²) in [6.07, 6.45) is 0.994. The van der Waals surface area contributed by atoms with E-state index in [0.717, 1.165) is 22.8 Å². The fourth-order valence-corrected chi connectivity index (χ4v) is 3.21. The lowest BCUT2D eigenvalue weighted by Crippen LogP contribution is -2.24. The van der Waals surface area contributed by atoms with Crippen molar-refractivity contribution in [1.82, 2.24) is 9.55 Å². The number of hydrogen-bond acceptors (Lipinski definition) is 5. The number of fused-ring (bicyclic) bond motifs is 1. The molecule has 0 saturated heterocycles. The number of hydrogen-bond donors (Lipinski definition) is 0. The second-order valence-corrected chi connectivity index (χ2v) is 6.75. The van der Waals surface area contributed by atoms with Gasteiger partial charge < -0.3 is 9.47 Å². The highest BCUT2D eigenvalue weighted by atomic mass is 32.2. The van der Waals surface area contributed by atoms with E-state index in [0.29, 0.717) is 31.8 Å². The van der Waals surface area contributed by atoms with Crippen LogP contribution in [-0.4, -0.2) is 41.2 Å². The van der Waals surface area contributed by atoms with Crippen molar-refractivity contribution in [3.05, 3.63) is 34.6 Å². The topological polar surface area (TPSA) is 53.3 Å². The second kappa shape index (κ2) is 9.81. The fourth-order valence-electron chi connectivity index (χ4n) is 2.33. The monoisotopic (exact) mass is 350 g/mol. The number of thioether (sulfide) groups is 1. The molecule has 0 atom stereocenters. The van der Waals surface area contributed by atoms with Crippen LogP contribution in [0.3, 0.4) is 0 Å². The van der Waals surface area contributed by atoms with Gasteiger partial charge in [0.05, 0.1) is 23.6 Å². The van der Waals surface area contributed by atoms with E-state index < -0.39 is 0 Å². The number of ether oxygens (including phenoxy) is 2. The lowest BCUT2D eigenvalue weighted by atomic mass is 10.2. The molecule has 0 saturated carbocycles. The van der Waals surface area contributed by atoms with E-state index in [4.69, 9.17) is 9.47 Å².